The summed E-state index contributed by atoms with van der Waals surface area (Å²) in [5.41, 5.74) is 0.127. The Kier molecular flexibility index (Phi) is 3.88. The van der Waals surface area contributed by atoms with Crippen molar-refractivity contribution in [3.05, 3.63) is 11.8 Å². The van der Waals surface area contributed by atoms with Crippen LogP contribution in [0.4, 0.5) is 0 Å². The number of nitriles is 1. The Bertz CT molecular complexity index is 157. The summed E-state index contributed by atoms with van der Waals surface area (Å²) in [4.78, 5) is 9.61. The predicted octanol–water partition coefficient (Wildman–Crippen LogP) is -0.302. The van der Waals surface area contributed by atoms with Gasteiger partial charge in [-0.2, -0.15) is 5.26 Å². The first-order valence-corrected chi connectivity index (χ1v) is 2.25. The second-order valence-electron chi connectivity index (χ2n) is 1.26. The van der Waals surface area contributed by atoms with E-state index in [0.717, 1.165) is 0 Å². The van der Waals surface area contributed by atoms with Crippen LogP contribution in [0.5, 0.6) is 0 Å². The molecule has 0 spiro atoms. The van der Waals surface area contributed by atoms with Crippen molar-refractivity contribution in [2.75, 3.05) is 6.54 Å². The van der Waals surface area contributed by atoms with E-state index in [1.54, 1.807) is 6.07 Å². The van der Waals surface area contributed by atoms with Crippen LogP contribution in [-0.2, 0) is 4.79 Å². The zero-order valence-electron chi connectivity index (χ0n) is 4.66. The number of carbonyl (C=O) groups is 1. The normalized spacial score (nSPS) is 9.89. The summed E-state index contributed by atoms with van der Waals surface area (Å²) in [6, 6.07) is 1.68. The van der Waals surface area contributed by atoms with Crippen LogP contribution in [0.2, 0.25) is 0 Å². The minimum absolute atomic E-state index is 0.0799. The van der Waals surface area contributed by atoms with Gasteiger partial charge in [0, 0.05) is 0 Å². The maximum Gasteiger partial charge on any atom is 0.207 e. The molecule has 48 valence electrons. The molecule has 2 N–H and O–H groups in total. The smallest absolute Gasteiger partial charge is 0.207 e. The SMILES string of the molecule is N#CC(=CO)CNC=O. The fraction of sp³-hybridized carbons (Fsp3) is 0.200. The Labute approximate surface area is 52.4 Å². The topological polar surface area (TPSA) is 73.1 Å². The minimum Gasteiger partial charge on any atom is -0.514 e. The molecule has 0 saturated heterocycles. The van der Waals surface area contributed by atoms with Crippen molar-refractivity contribution in [2.45, 2.75) is 0 Å². The van der Waals surface area contributed by atoms with Gasteiger partial charge in [0.15, 0.2) is 0 Å². The van der Waals surface area contributed by atoms with Gasteiger partial charge in [0.2, 0.25) is 6.41 Å². The molecule has 0 heterocycles. The molecule has 0 atom stereocenters. The number of nitrogens with zero attached hydrogens (tertiary/aromatic N) is 1. The van der Waals surface area contributed by atoms with Gasteiger partial charge in [-0.15, -0.1) is 0 Å². The molecule has 0 unspecified atom stereocenters. The molecule has 0 radical (unpaired) electrons. The quantitative estimate of drug-likeness (QED) is 0.309. The third kappa shape index (κ3) is 3.12. The van der Waals surface area contributed by atoms with Gasteiger partial charge in [-0.3, -0.25) is 4.79 Å². The number of aliphatic hydroxyl groups excluding tert-OH is 1. The summed E-state index contributed by atoms with van der Waals surface area (Å²) in [5.74, 6) is 0. The highest BCUT2D eigenvalue weighted by Gasteiger charge is 1.90. The fourth-order valence-corrected chi connectivity index (χ4v) is 0.266. The number of amides is 1. The van der Waals surface area contributed by atoms with Gasteiger partial charge in [0.05, 0.1) is 24.4 Å². The first-order valence-electron chi connectivity index (χ1n) is 2.25. The molecule has 4 heteroatoms. The number of carbonyl (C=O) groups excluding carboxylic acids is 1. The van der Waals surface area contributed by atoms with Crippen molar-refractivity contribution in [3.8, 4) is 6.07 Å². The highest BCUT2D eigenvalue weighted by molar-refractivity contribution is 5.47. The molecular formula is C5H6N2O2. The molecule has 0 rings (SSSR count). The molecule has 9 heavy (non-hydrogen) atoms. The molecule has 0 aliphatic heterocycles. The van der Waals surface area contributed by atoms with Crippen LogP contribution >= 0.6 is 0 Å². The summed E-state index contributed by atoms with van der Waals surface area (Å²) in [6.45, 7) is 0.0799. The first-order chi connectivity index (χ1) is 4.35. The van der Waals surface area contributed by atoms with E-state index in [2.05, 4.69) is 5.32 Å². The van der Waals surface area contributed by atoms with Crippen molar-refractivity contribution in [3.63, 3.8) is 0 Å². The molecule has 0 aliphatic carbocycles. The van der Waals surface area contributed by atoms with E-state index in [4.69, 9.17) is 10.4 Å². The largest absolute Gasteiger partial charge is 0.514 e. The summed E-state index contributed by atoms with van der Waals surface area (Å²) < 4.78 is 0. The Morgan fingerprint density at radius 3 is 2.89 bits per heavy atom. The molecule has 0 saturated carbocycles. The Morgan fingerprint density at radius 1 is 1.89 bits per heavy atom. The second-order valence-corrected chi connectivity index (χ2v) is 1.26. The summed E-state index contributed by atoms with van der Waals surface area (Å²) in [6.07, 6.45) is 1.12. The van der Waals surface area contributed by atoms with Crippen molar-refractivity contribution in [1.29, 1.82) is 5.26 Å². The highest BCUT2D eigenvalue weighted by atomic mass is 16.2. The van der Waals surface area contributed by atoms with Gasteiger partial charge < -0.3 is 10.4 Å². The van der Waals surface area contributed by atoms with Gasteiger partial charge in [-0.05, 0) is 0 Å². The molecule has 4 nitrogen and oxygen atoms in total. The van der Waals surface area contributed by atoms with Crippen LogP contribution in [0, 0.1) is 11.3 Å². The molecular weight excluding hydrogens is 120 g/mol. The lowest BCUT2D eigenvalue weighted by Gasteiger charge is -1.90. The summed E-state index contributed by atoms with van der Waals surface area (Å²) >= 11 is 0. The highest BCUT2D eigenvalue weighted by Crippen LogP contribution is 1.83. The fourth-order valence-electron chi connectivity index (χ4n) is 0.266. The Balaban J connectivity index is 3.61. The van der Waals surface area contributed by atoms with E-state index in [1.165, 1.54) is 0 Å². The van der Waals surface area contributed by atoms with Gasteiger partial charge in [-0.25, -0.2) is 0 Å². The standard InChI is InChI=1S/C5H6N2O2/c6-1-5(3-8)2-7-4-9/h3-4,8H,2H2,(H,7,9). The molecule has 0 aromatic carbocycles. The molecule has 0 bridgehead atoms. The van der Waals surface area contributed by atoms with Crippen LogP contribution in [0.15, 0.2) is 11.8 Å². The van der Waals surface area contributed by atoms with Gasteiger partial charge in [0.25, 0.3) is 0 Å². The maximum atomic E-state index is 9.61. The number of rotatable bonds is 3. The van der Waals surface area contributed by atoms with Crippen LogP contribution in [0.25, 0.3) is 0 Å². The zero-order chi connectivity index (χ0) is 7.11. The monoisotopic (exact) mass is 126 g/mol. The number of hydrogen-bond acceptors (Lipinski definition) is 3. The van der Waals surface area contributed by atoms with Gasteiger partial charge >= 0.3 is 0 Å². The van der Waals surface area contributed by atoms with E-state index >= 15 is 0 Å². The van der Waals surface area contributed by atoms with E-state index in [-0.39, 0.29) is 12.1 Å². The van der Waals surface area contributed by atoms with Crippen molar-refractivity contribution in [2.24, 2.45) is 0 Å². The molecule has 0 aromatic rings. The van der Waals surface area contributed by atoms with Crippen molar-refractivity contribution >= 4 is 6.41 Å². The number of hydrogen-bond donors (Lipinski definition) is 2. The van der Waals surface area contributed by atoms with Crippen molar-refractivity contribution in [1.82, 2.24) is 5.32 Å². The zero-order valence-corrected chi connectivity index (χ0v) is 4.66. The lowest BCUT2D eigenvalue weighted by molar-refractivity contribution is -0.109. The van der Waals surface area contributed by atoms with Crippen LogP contribution in [-0.4, -0.2) is 18.1 Å². The number of nitrogens with one attached hydrogen (secondary N) is 1. The van der Waals surface area contributed by atoms with E-state index in [9.17, 15) is 4.79 Å². The van der Waals surface area contributed by atoms with Crippen LogP contribution in [0.3, 0.4) is 0 Å². The summed E-state index contributed by atoms with van der Waals surface area (Å²) in [7, 11) is 0. The molecule has 0 fully saturated rings. The lowest BCUT2D eigenvalue weighted by atomic mass is 10.3. The third-order valence-corrected chi connectivity index (χ3v) is 0.675. The molecule has 0 aliphatic rings. The minimum atomic E-state index is 0.0799. The second kappa shape index (κ2) is 4.65. The lowest BCUT2D eigenvalue weighted by Crippen LogP contribution is -2.13. The summed E-state index contributed by atoms with van der Waals surface area (Å²) in [5, 5.41) is 18.5. The van der Waals surface area contributed by atoms with E-state index < -0.39 is 0 Å². The molecule has 1 amide bonds. The average molecular weight is 126 g/mol. The predicted molar refractivity (Wildman–Crippen MR) is 30.4 cm³/mol. The van der Waals surface area contributed by atoms with Crippen molar-refractivity contribution < 1.29 is 9.90 Å². The van der Waals surface area contributed by atoms with Gasteiger partial charge in [-0.1, -0.05) is 0 Å². The Hall–Kier alpha value is -1.50. The first kappa shape index (κ1) is 7.50. The maximum absolute atomic E-state index is 9.61. The Morgan fingerprint density at radius 2 is 2.56 bits per heavy atom. The third-order valence-electron chi connectivity index (χ3n) is 0.675. The van der Waals surface area contributed by atoms with Crippen LogP contribution < -0.4 is 5.32 Å². The van der Waals surface area contributed by atoms with E-state index in [0.29, 0.717) is 12.7 Å². The van der Waals surface area contributed by atoms with Crippen LogP contribution in [0.1, 0.15) is 0 Å². The molecule has 0 aromatic heterocycles. The number of aliphatic hydroxyl groups is 1. The van der Waals surface area contributed by atoms with Gasteiger partial charge in [0.1, 0.15) is 0 Å². The average Bonchev–Trinajstić information content (AvgIpc) is 1.91. The van der Waals surface area contributed by atoms with E-state index in [1.807, 2.05) is 0 Å².